The van der Waals surface area contributed by atoms with Crippen LogP contribution in [0.2, 0.25) is 0 Å². The quantitative estimate of drug-likeness (QED) is 0.413. The topological polar surface area (TPSA) is 0 Å². The summed E-state index contributed by atoms with van der Waals surface area (Å²) in [6.07, 6.45) is 6.94. The standard InChI is InChI=1S/C20H13PSe/c22-21-17(12-11-14-5-1-2-9-18(14)21)13-16-8-3-6-15-7-4-10-19(21)20(15)16/h1-13H. The van der Waals surface area contributed by atoms with Gasteiger partial charge in [-0.05, 0) is 0 Å². The van der Waals surface area contributed by atoms with Gasteiger partial charge in [0.15, 0.2) is 0 Å². The second-order valence-corrected chi connectivity index (χ2v) is 11.9. The Balaban J connectivity index is 2.00. The Kier molecular flexibility index (Phi) is 2.59. The molecular formula is C20H13PSe. The second-order valence-electron chi connectivity index (χ2n) is 5.79. The Morgan fingerprint density at radius 1 is 0.682 bits per heavy atom. The van der Waals surface area contributed by atoms with E-state index in [0.717, 1.165) is 0 Å². The van der Waals surface area contributed by atoms with Gasteiger partial charge in [-0.2, -0.15) is 0 Å². The zero-order valence-corrected chi connectivity index (χ0v) is 14.5. The van der Waals surface area contributed by atoms with Crippen molar-refractivity contribution in [1.82, 2.24) is 0 Å². The summed E-state index contributed by atoms with van der Waals surface area (Å²) in [5.74, 6) is 0. The van der Waals surface area contributed by atoms with Crippen LogP contribution in [0.3, 0.4) is 0 Å². The van der Waals surface area contributed by atoms with Crippen molar-refractivity contribution in [3.05, 3.63) is 83.2 Å². The average Bonchev–Trinajstić information content (AvgIpc) is 2.57. The van der Waals surface area contributed by atoms with E-state index in [2.05, 4.69) is 94.0 Å². The fourth-order valence-corrected chi connectivity index (χ4v) is 9.45. The summed E-state index contributed by atoms with van der Waals surface area (Å²) in [5.41, 5.74) is 1.08. The van der Waals surface area contributed by atoms with E-state index >= 15 is 0 Å². The van der Waals surface area contributed by atoms with Crippen molar-refractivity contribution in [3.8, 4) is 0 Å². The van der Waals surface area contributed by atoms with Crippen molar-refractivity contribution in [1.29, 1.82) is 0 Å². The molecule has 0 aliphatic carbocycles. The first kappa shape index (κ1) is 12.9. The number of hydrogen-bond acceptors (Lipinski definition) is 0. The predicted octanol–water partition coefficient (Wildman–Crippen LogP) is 4.27. The average molecular weight is 363 g/mol. The number of hydrogen-bond donors (Lipinski definition) is 0. The molecule has 5 rings (SSSR count). The zero-order chi connectivity index (χ0) is 14.7. The van der Waals surface area contributed by atoms with Crippen LogP contribution in [0.5, 0.6) is 0 Å². The van der Waals surface area contributed by atoms with Crippen LogP contribution in [-0.2, 0) is 0 Å². The van der Waals surface area contributed by atoms with Crippen LogP contribution < -0.4 is 10.6 Å². The number of allylic oxidation sites excluding steroid dienone is 2. The third kappa shape index (κ3) is 1.52. The molecule has 0 bridgehead atoms. The van der Waals surface area contributed by atoms with Crippen LogP contribution >= 0.6 is 5.51 Å². The van der Waals surface area contributed by atoms with Crippen molar-refractivity contribution in [2.75, 3.05) is 0 Å². The molecule has 3 aromatic rings. The molecule has 3 aromatic carbocycles. The Morgan fingerprint density at radius 3 is 2.32 bits per heavy atom. The molecule has 22 heavy (non-hydrogen) atoms. The summed E-state index contributed by atoms with van der Waals surface area (Å²) in [6.45, 7) is 0. The Hall–Kier alpha value is -1.65. The van der Waals surface area contributed by atoms with Gasteiger partial charge >= 0.3 is 137 Å². The number of benzene rings is 3. The molecule has 0 aromatic heterocycles. The van der Waals surface area contributed by atoms with E-state index in [1.54, 1.807) is 0 Å². The molecule has 2 aliphatic rings. The first-order valence-corrected chi connectivity index (χ1v) is 11.4. The Labute approximate surface area is 137 Å². The maximum absolute atomic E-state index is 3.64. The van der Waals surface area contributed by atoms with Crippen molar-refractivity contribution in [3.63, 3.8) is 0 Å². The van der Waals surface area contributed by atoms with E-state index in [1.165, 1.54) is 37.8 Å². The van der Waals surface area contributed by atoms with Gasteiger partial charge in [-0.1, -0.05) is 0 Å². The molecule has 2 heteroatoms. The molecule has 0 spiro atoms. The molecule has 0 radical (unpaired) electrons. The van der Waals surface area contributed by atoms with Crippen LogP contribution in [-0.4, -0.2) is 15.1 Å². The van der Waals surface area contributed by atoms with E-state index in [9.17, 15) is 0 Å². The monoisotopic (exact) mass is 364 g/mol. The fourth-order valence-electron chi connectivity index (χ4n) is 3.63. The number of fused-ring (bicyclic) bond motifs is 4. The number of rotatable bonds is 0. The molecule has 0 N–H and O–H groups in total. The van der Waals surface area contributed by atoms with Gasteiger partial charge < -0.3 is 0 Å². The van der Waals surface area contributed by atoms with Gasteiger partial charge in [-0.25, -0.2) is 0 Å². The minimum atomic E-state index is -1.62. The fraction of sp³-hybridized carbons (Fsp3) is 0. The van der Waals surface area contributed by atoms with Gasteiger partial charge in [0.25, 0.3) is 0 Å². The second kappa shape index (κ2) is 4.43. The van der Waals surface area contributed by atoms with Crippen LogP contribution in [0.25, 0.3) is 22.9 Å². The van der Waals surface area contributed by atoms with Crippen LogP contribution in [0, 0.1) is 0 Å². The van der Waals surface area contributed by atoms with E-state index < -0.39 is 5.51 Å². The van der Waals surface area contributed by atoms with Crippen molar-refractivity contribution >= 4 is 54.1 Å². The third-order valence-corrected chi connectivity index (χ3v) is 11.6. The summed E-state index contributed by atoms with van der Waals surface area (Å²) in [7, 11) is 0. The van der Waals surface area contributed by atoms with Gasteiger partial charge in [0.05, 0.1) is 0 Å². The molecule has 1 unspecified atom stereocenters. The molecule has 0 saturated carbocycles. The molecule has 1 atom stereocenters. The summed E-state index contributed by atoms with van der Waals surface area (Å²) >= 11 is 3.64. The van der Waals surface area contributed by atoms with Crippen molar-refractivity contribution in [2.24, 2.45) is 0 Å². The van der Waals surface area contributed by atoms with E-state index in [1.807, 2.05) is 0 Å². The molecule has 0 fully saturated rings. The van der Waals surface area contributed by atoms with Gasteiger partial charge in [0.2, 0.25) is 0 Å². The summed E-state index contributed by atoms with van der Waals surface area (Å²) < 4.78 is 0. The molecule has 2 heterocycles. The van der Waals surface area contributed by atoms with Gasteiger partial charge in [-0.3, -0.25) is 0 Å². The predicted molar refractivity (Wildman–Crippen MR) is 99.3 cm³/mol. The zero-order valence-electron chi connectivity index (χ0n) is 11.9. The molecular weight excluding hydrogens is 350 g/mol. The molecule has 0 amide bonds. The van der Waals surface area contributed by atoms with E-state index in [0.29, 0.717) is 0 Å². The van der Waals surface area contributed by atoms with Crippen LogP contribution in [0.15, 0.2) is 72.1 Å². The normalized spacial score (nSPS) is 21.2. The van der Waals surface area contributed by atoms with Gasteiger partial charge in [-0.15, -0.1) is 0 Å². The Bertz CT molecular complexity index is 1050. The van der Waals surface area contributed by atoms with Crippen molar-refractivity contribution in [2.45, 2.75) is 0 Å². The molecule has 104 valence electrons. The van der Waals surface area contributed by atoms with E-state index in [-0.39, 0.29) is 0 Å². The summed E-state index contributed by atoms with van der Waals surface area (Å²) in [4.78, 5) is 0. The van der Waals surface area contributed by atoms with E-state index in [4.69, 9.17) is 0 Å². The van der Waals surface area contributed by atoms with Gasteiger partial charge in [0.1, 0.15) is 0 Å². The molecule has 2 aliphatic heterocycles. The van der Waals surface area contributed by atoms with Crippen molar-refractivity contribution < 1.29 is 0 Å². The third-order valence-electron chi connectivity index (χ3n) is 4.63. The SMILES string of the molecule is [Se]=P12C(=Cc3cccc4cccc1c34)C=Cc1ccccc12. The first-order chi connectivity index (χ1) is 10.8. The molecule has 0 nitrogen and oxygen atoms in total. The van der Waals surface area contributed by atoms with Crippen LogP contribution in [0.1, 0.15) is 11.1 Å². The minimum absolute atomic E-state index is 1.34. The Morgan fingerprint density at radius 2 is 1.41 bits per heavy atom. The summed E-state index contributed by atoms with van der Waals surface area (Å²) in [5, 5.41) is 7.15. The maximum atomic E-state index is 3.64. The molecule has 0 saturated heterocycles. The van der Waals surface area contributed by atoms with Crippen LogP contribution in [0.4, 0.5) is 0 Å². The summed E-state index contributed by atoms with van der Waals surface area (Å²) in [6, 6.07) is 22.2. The first-order valence-electron chi connectivity index (χ1n) is 7.41. The van der Waals surface area contributed by atoms with Gasteiger partial charge in [0, 0.05) is 0 Å².